The highest BCUT2D eigenvalue weighted by Crippen LogP contribution is 2.28. The van der Waals surface area contributed by atoms with Crippen molar-refractivity contribution in [3.05, 3.63) is 27.7 Å². The number of halogens is 1. The molecule has 0 saturated heterocycles. The Bertz CT molecular complexity index is 297. The minimum Gasteiger partial charge on any atom is -0.490 e. The van der Waals surface area contributed by atoms with E-state index in [9.17, 15) is 0 Å². The van der Waals surface area contributed by atoms with Crippen LogP contribution in [0.3, 0.4) is 0 Å². The third-order valence-corrected chi connectivity index (χ3v) is 2.78. The van der Waals surface area contributed by atoms with E-state index in [1.54, 1.807) is 0 Å². The smallest absolute Gasteiger partial charge is 0.125 e. The van der Waals surface area contributed by atoms with Gasteiger partial charge in [-0.1, -0.05) is 22.9 Å². The van der Waals surface area contributed by atoms with Crippen LogP contribution in [0.1, 0.15) is 31.4 Å². The van der Waals surface area contributed by atoms with Gasteiger partial charge < -0.3 is 4.74 Å². The van der Waals surface area contributed by atoms with Gasteiger partial charge in [-0.3, -0.25) is 0 Å². The molecule has 1 nitrogen and oxygen atoms in total. The van der Waals surface area contributed by atoms with E-state index in [4.69, 9.17) is 4.74 Å². The SMILES string of the molecule is CCC(C)Oc1c(C)cc(Br)cc1C. The van der Waals surface area contributed by atoms with Gasteiger partial charge in [-0.05, 0) is 50.5 Å². The molecule has 1 aromatic carbocycles. The molecule has 1 atom stereocenters. The van der Waals surface area contributed by atoms with Crippen LogP contribution < -0.4 is 4.74 Å². The lowest BCUT2D eigenvalue weighted by atomic mass is 10.1. The minimum absolute atomic E-state index is 0.286. The molecule has 2 heteroatoms. The van der Waals surface area contributed by atoms with Gasteiger partial charge in [0.25, 0.3) is 0 Å². The van der Waals surface area contributed by atoms with Crippen molar-refractivity contribution in [1.29, 1.82) is 0 Å². The van der Waals surface area contributed by atoms with Crippen molar-refractivity contribution in [2.24, 2.45) is 0 Å². The maximum absolute atomic E-state index is 5.86. The molecule has 0 spiro atoms. The fourth-order valence-corrected chi connectivity index (χ4v) is 2.05. The first kappa shape index (κ1) is 11.6. The van der Waals surface area contributed by atoms with Gasteiger partial charge in [0, 0.05) is 4.47 Å². The quantitative estimate of drug-likeness (QED) is 0.786. The lowest BCUT2D eigenvalue weighted by Crippen LogP contribution is -2.11. The first-order valence-corrected chi connectivity index (χ1v) is 5.77. The zero-order valence-corrected chi connectivity index (χ0v) is 10.8. The summed E-state index contributed by atoms with van der Waals surface area (Å²) >= 11 is 3.47. The summed E-state index contributed by atoms with van der Waals surface area (Å²) in [5.74, 6) is 1.03. The zero-order chi connectivity index (χ0) is 10.7. The Balaban J connectivity index is 2.96. The highest BCUT2D eigenvalue weighted by Gasteiger charge is 2.08. The van der Waals surface area contributed by atoms with Crippen LogP contribution in [0.2, 0.25) is 0 Å². The largest absolute Gasteiger partial charge is 0.490 e. The summed E-state index contributed by atoms with van der Waals surface area (Å²) in [7, 11) is 0. The van der Waals surface area contributed by atoms with Crippen molar-refractivity contribution in [2.45, 2.75) is 40.2 Å². The molecule has 1 aromatic rings. The summed E-state index contributed by atoms with van der Waals surface area (Å²) < 4.78 is 6.97. The van der Waals surface area contributed by atoms with Gasteiger partial charge in [0.15, 0.2) is 0 Å². The van der Waals surface area contributed by atoms with Crippen LogP contribution in [-0.4, -0.2) is 6.10 Å². The number of rotatable bonds is 3. The summed E-state index contributed by atoms with van der Waals surface area (Å²) in [6.07, 6.45) is 1.32. The molecule has 0 bridgehead atoms. The molecule has 0 aromatic heterocycles. The Morgan fingerprint density at radius 3 is 2.21 bits per heavy atom. The average molecular weight is 257 g/mol. The number of aryl methyl sites for hydroxylation is 2. The van der Waals surface area contributed by atoms with Gasteiger partial charge in [0.1, 0.15) is 5.75 Å². The van der Waals surface area contributed by atoms with E-state index in [-0.39, 0.29) is 6.10 Å². The first-order valence-electron chi connectivity index (χ1n) is 4.98. The summed E-state index contributed by atoms with van der Waals surface area (Å²) in [6.45, 7) is 8.39. The Hall–Kier alpha value is -0.500. The molecule has 1 unspecified atom stereocenters. The number of ether oxygens (including phenoxy) is 1. The van der Waals surface area contributed by atoms with E-state index in [0.717, 1.165) is 16.6 Å². The Labute approximate surface area is 94.6 Å². The third-order valence-electron chi connectivity index (χ3n) is 2.32. The van der Waals surface area contributed by atoms with Crippen LogP contribution in [0.15, 0.2) is 16.6 Å². The minimum atomic E-state index is 0.286. The predicted octanol–water partition coefficient (Wildman–Crippen LogP) is 4.24. The van der Waals surface area contributed by atoms with E-state index in [2.05, 4.69) is 55.8 Å². The molecule has 0 amide bonds. The molecular weight excluding hydrogens is 240 g/mol. The molecule has 0 aliphatic heterocycles. The third kappa shape index (κ3) is 2.74. The molecule has 0 saturated carbocycles. The van der Waals surface area contributed by atoms with Gasteiger partial charge in [0.2, 0.25) is 0 Å². The highest BCUT2D eigenvalue weighted by atomic mass is 79.9. The normalized spacial score (nSPS) is 12.6. The molecule has 0 fully saturated rings. The molecule has 78 valence electrons. The van der Waals surface area contributed by atoms with Gasteiger partial charge in [-0.15, -0.1) is 0 Å². The topological polar surface area (TPSA) is 9.23 Å². The van der Waals surface area contributed by atoms with Crippen LogP contribution in [0.5, 0.6) is 5.75 Å². The zero-order valence-electron chi connectivity index (χ0n) is 9.23. The number of hydrogen-bond donors (Lipinski definition) is 0. The van der Waals surface area contributed by atoms with Crippen LogP contribution in [0.25, 0.3) is 0 Å². The molecule has 0 aliphatic rings. The van der Waals surface area contributed by atoms with Crippen LogP contribution in [0, 0.1) is 13.8 Å². The summed E-state index contributed by atoms with van der Waals surface area (Å²) in [6, 6.07) is 4.18. The maximum atomic E-state index is 5.86. The molecule has 0 N–H and O–H groups in total. The van der Waals surface area contributed by atoms with Crippen molar-refractivity contribution in [3.63, 3.8) is 0 Å². The van der Waals surface area contributed by atoms with Gasteiger partial charge >= 0.3 is 0 Å². The fraction of sp³-hybridized carbons (Fsp3) is 0.500. The molecule has 0 heterocycles. The van der Waals surface area contributed by atoms with E-state index in [1.165, 1.54) is 11.1 Å². The number of benzene rings is 1. The van der Waals surface area contributed by atoms with Gasteiger partial charge in [0.05, 0.1) is 6.10 Å². The lowest BCUT2D eigenvalue weighted by Gasteiger charge is -2.17. The van der Waals surface area contributed by atoms with E-state index < -0.39 is 0 Å². The standard InChI is InChI=1S/C12H17BrO/c1-5-10(4)14-12-8(2)6-11(13)7-9(12)3/h6-7,10H,5H2,1-4H3. The van der Waals surface area contributed by atoms with Crippen molar-refractivity contribution in [3.8, 4) is 5.75 Å². The van der Waals surface area contributed by atoms with Crippen LogP contribution >= 0.6 is 15.9 Å². The molecular formula is C12H17BrO. The fourth-order valence-electron chi connectivity index (χ4n) is 1.37. The molecule has 14 heavy (non-hydrogen) atoms. The van der Waals surface area contributed by atoms with Gasteiger partial charge in [-0.2, -0.15) is 0 Å². The Morgan fingerprint density at radius 1 is 1.29 bits per heavy atom. The summed E-state index contributed by atoms with van der Waals surface area (Å²) in [5, 5.41) is 0. The van der Waals surface area contributed by atoms with Crippen molar-refractivity contribution < 1.29 is 4.74 Å². The predicted molar refractivity (Wildman–Crippen MR) is 64.0 cm³/mol. The van der Waals surface area contributed by atoms with Crippen molar-refractivity contribution in [1.82, 2.24) is 0 Å². The molecule has 1 rings (SSSR count). The van der Waals surface area contributed by atoms with Crippen molar-refractivity contribution in [2.75, 3.05) is 0 Å². The second kappa shape index (κ2) is 4.83. The van der Waals surface area contributed by atoms with E-state index in [1.807, 2.05) is 0 Å². The lowest BCUT2D eigenvalue weighted by molar-refractivity contribution is 0.214. The van der Waals surface area contributed by atoms with Gasteiger partial charge in [-0.25, -0.2) is 0 Å². The van der Waals surface area contributed by atoms with Crippen molar-refractivity contribution >= 4 is 15.9 Å². The second-order valence-electron chi connectivity index (χ2n) is 3.71. The Kier molecular flexibility index (Phi) is 3.99. The monoisotopic (exact) mass is 256 g/mol. The summed E-state index contributed by atoms with van der Waals surface area (Å²) in [5.41, 5.74) is 2.38. The van der Waals surface area contributed by atoms with Crippen LogP contribution in [-0.2, 0) is 0 Å². The van der Waals surface area contributed by atoms with E-state index in [0.29, 0.717) is 0 Å². The molecule has 0 radical (unpaired) electrons. The number of hydrogen-bond acceptors (Lipinski definition) is 1. The first-order chi connectivity index (χ1) is 6.54. The Morgan fingerprint density at radius 2 is 1.79 bits per heavy atom. The molecule has 0 aliphatic carbocycles. The summed E-state index contributed by atoms with van der Waals surface area (Å²) in [4.78, 5) is 0. The van der Waals surface area contributed by atoms with E-state index >= 15 is 0 Å². The maximum Gasteiger partial charge on any atom is 0.125 e. The second-order valence-corrected chi connectivity index (χ2v) is 4.62. The highest BCUT2D eigenvalue weighted by molar-refractivity contribution is 9.10. The average Bonchev–Trinajstić information content (AvgIpc) is 2.10. The van der Waals surface area contributed by atoms with Crippen LogP contribution in [0.4, 0.5) is 0 Å².